The highest BCUT2D eigenvalue weighted by Crippen LogP contribution is 2.37. The van der Waals surface area contributed by atoms with Gasteiger partial charge >= 0.3 is 11.9 Å². The molecule has 1 aromatic heterocycles. The third-order valence-corrected chi connectivity index (χ3v) is 3.61. The van der Waals surface area contributed by atoms with Crippen LogP contribution in [0.15, 0.2) is 42.6 Å². The van der Waals surface area contributed by atoms with Crippen LogP contribution in [0, 0.1) is 5.82 Å². The van der Waals surface area contributed by atoms with Gasteiger partial charge in [-0.05, 0) is 36.2 Å². The minimum atomic E-state index is -1.26. The maximum atomic E-state index is 13.3. The van der Waals surface area contributed by atoms with Crippen LogP contribution in [0.5, 0.6) is 0 Å². The number of nitrogens with two attached hydrogens (primary N) is 1. The first-order valence-corrected chi connectivity index (χ1v) is 7.64. The number of nitrogens with zero attached hydrogens (tertiary/aromatic N) is 1. The van der Waals surface area contributed by atoms with Crippen molar-refractivity contribution in [1.29, 1.82) is 0 Å². The van der Waals surface area contributed by atoms with Crippen LogP contribution in [0.1, 0.15) is 18.1 Å². The van der Waals surface area contributed by atoms with E-state index in [1.165, 1.54) is 17.2 Å². The number of carboxylic acid groups (broad SMARTS) is 2. The molecule has 1 heterocycles. The lowest BCUT2D eigenvalue weighted by Crippen LogP contribution is -2.22. The number of carboxylic acids is 2. The number of benzene rings is 1. The average molecular weight is 346 g/mol. The minimum Gasteiger partial charge on any atom is -0.478 e. The molecular formula is C18H19FN2O4. The molecule has 1 aromatic carbocycles. The van der Waals surface area contributed by atoms with E-state index in [1.54, 1.807) is 6.07 Å². The second-order valence-electron chi connectivity index (χ2n) is 5.81. The van der Waals surface area contributed by atoms with Crippen LogP contribution < -0.4 is 5.73 Å². The maximum Gasteiger partial charge on any atom is 0.328 e. The van der Waals surface area contributed by atoms with Gasteiger partial charge < -0.3 is 20.5 Å². The number of hydrogen-bond donors (Lipinski definition) is 3. The highest BCUT2D eigenvalue weighted by molar-refractivity contribution is 5.89. The Labute approximate surface area is 144 Å². The molecule has 0 saturated carbocycles. The van der Waals surface area contributed by atoms with Crippen molar-refractivity contribution in [3.05, 3.63) is 59.6 Å². The number of hydrogen-bond acceptors (Lipinski definition) is 3. The molecule has 0 radical (unpaired) electrons. The first kappa shape index (κ1) is 18.4. The van der Waals surface area contributed by atoms with E-state index in [9.17, 15) is 14.0 Å². The number of halogens is 1. The molecule has 1 aliphatic carbocycles. The van der Waals surface area contributed by atoms with Gasteiger partial charge in [0.15, 0.2) is 0 Å². The van der Waals surface area contributed by atoms with Crippen LogP contribution in [0.4, 0.5) is 4.39 Å². The summed E-state index contributed by atoms with van der Waals surface area (Å²) in [6.45, 7) is 2.75. The van der Waals surface area contributed by atoms with Gasteiger partial charge in [-0.25, -0.2) is 14.0 Å². The largest absolute Gasteiger partial charge is 0.478 e. The first-order chi connectivity index (χ1) is 11.8. The van der Waals surface area contributed by atoms with Crippen LogP contribution in [-0.2, 0) is 22.6 Å². The zero-order chi connectivity index (χ0) is 18.6. The molecule has 0 spiro atoms. The zero-order valence-electron chi connectivity index (χ0n) is 13.6. The highest BCUT2D eigenvalue weighted by atomic mass is 19.1. The minimum absolute atomic E-state index is 0.101. The fourth-order valence-electron chi connectivity index (χ4n) is 2.72. The first-order valence-electron chi connectivity index (χ1n) is 7.64. The van der Waals surface area contributed by atoms with Crippen LogP contribution >= 0.6 is 0 Å². The molecule has 0 aliphatic heterocycles. The molecule has 6 nitrogen and oxygen atoms in total. The normalized spacial score (nSPS) is 12.9. The molecule has 1 atom stereocenters. The lowest BCUT2D eigenvalue weighted by atomic mass is 10.1. The lowest BCUT2D eigenvalue weighted by molar-refractivity contribution is -0.134. The van der Waals surface area contributed by atoms with Crippen LogP contribution in [0.25, 0.3) is 11.3 Å². The third kappa shape index (κ3) is 4.77. The summed E-state index contributed by atoms with van der Waals surface area (Å²) < 4.78 is 15.5. The van der Waals surface area contributed by atoms with E-state index in [2.05, 4.69) is 10.6 Å². The summed E-state index contributed by atoms with van der Waals surface area (Å²) in [5.41, 5.74) is 10.5. The zero-order valence-corrected chi connectivity index (χ0v) is 13.6. The maximum absolute atomic E-state index is 13.3. The number of fused-ring (bicyclic) bond motifs is 3. The van der Waals surface area contributed by atoms with Gasteiger partial charge in [0.05, 0.1) is 5.69 Å². The molecule has 0 fully saturated rings. The van der Waals surface area contributed by atoms with Crippen molar-refractivity contribution in [2.75, 3.05) is 0 Å². The Morgan fingerprint density at radius 2 is 1.88 bits per heavy atom. The lowest BCUT2D eigenvalue weighted by Gasteiger charge is -2.11. The second kappa shape index (κ2) is 7.76. The molecule has 3 rings (SSSR count). The van der Waals surface area contributed by atoms with E-state index in [4.69, 9.17) is 15.9 Å². The van der Waals surface area contributed by atoms with Crippen LogP contribution in [0.3, 0.4) is 0 Å². The van der Waals surface area contributed by atoms with Crippen molar-refractivity contribution < 1.29 is 24.2 Å². The Kier molecular flexibility index (Phi) is 5.71. The monoisotopic (exact) mass is 346 g/mol. The van der Waals surface area contributed by atoms with E-state index in [0.717, 1.165) is 24.2 Å². The highest BCUT2D eigenvalue weighted by Gasteiger charge is 2.22. The molecule has 7 heteroatoms. The summed E-state index contributed by atoms with van der Waals surface area (Å²) in [6, 6.07) is 7.24. The van der Waals surface area contributed by atoms with Gasteiger partial charge in [0.25, 0.3) is 0 Å². The van der Waals surface area contributed by atoms with E-state index >= 15 is 0 Å². The summed E-state index contributed by atoms with van der Waals surface area (Å²) in [5.74, 6) is -2.69. The van der Waals surface area contributed by atoms with Gasteiger partial charge in [-0.2, -0.15) is 0 Å². The van der Waals surface area contributed by atoms with Gasteiger partial charge in [0.2, 0.25) is 0 Å². The van der Waals surface area contributed by atoms with E-state index in [1.807, 2.05) is 19.2 Å². The van der Waals surface area contributed by atoms with Crippen molar-refractivity contribution in [2.24, 2.45) is 5.73 Å². The molecule has 0 saturated heterocycles. The van der Waals surface area contributed by atoms with Crippen LogP contribution in [0.2, 0.25) is 0 Å². The summed E-state index contributed by atoms with van der Waals surface area (Å²) in [5, 5.41) is 15.6. The fourth-order valence-corrected chi connectivity index (χ4v) is 2.72. The van der Waals surface area contributed by atoms with Crippen molar-refractivity contribution in [2.45, 2.75) is 25.9 Å². The van der Waals surface area contributed by atoms with E-state index in [-0.39, 0.29) is 11.9 Å². The molecule has 132 valence electrons. The Morgan fingerprint density at radius 1 is 1.24 bits per heavy atom. The molecule has 1 aliphatic rings. The van der Waals surface area contributed by atoms with E-state index in [0.29, 0.717) is 12.2 Å². The fraction of sp³-hybridized carbons (Fsp3) is 0.222. The number of carbonyl (C=O) groups is 2. The summed E-state index contributed by atoms with van der Waals surface area (Å²) in [6.07, 6.45) is 4.06. The van der Waals surface area contributed by atoms with Gasteiger partial charge in [-0.15, -0.1) is 0 Å². The summed E-state index contributed by atoms with van der Waals surface area (Å²) in [7, 11) is 0. The molecule has 2 aromatic rings. The number of rotatable bonds is 4. The molecule has 0 unspecified atom stereocenters. The van der Waals surface area contributed by atoms with Crippen molar-refractivity contribution in [1.82, 2.24) is 4.57 Å². The standard InChI is InChI=1S/C14H15FN2.C4H4O4/c1-9(16)8-17-5-4-11-6-10-2-3-12(15)7-13(10)14(11)17;5-3(6)1-2-4(7)8/h2-5,7,9H,6,8,16H2,1H3;1-2H,(H,5,6)(H,7,8)/t9-;/m0./s1. The molecule has 0 bridgehead atoms. The smallest absolute Gasteiger partial charge is 0.328 e. The molecule has 25 heavy (non-hydrogen) atoms. The quantitative estimate of drug-likeness (QED) is 0.628. The summed E-state index contributed by atoms with van der Waals surface area (Å²) >= 11 is 0. The van der Waals surface area contributed by atoms with Gasteiger partial charge in [0.1, 0.15) is 5.82 Å². The SMILES string of the molecule is C[C@H](N)Cn1ccc2c1-c1cc(F)ccc1C2.O=C(O)C=CC(=O)O. The predicted octanol–water partition coefficient (Wildman–Crippen LogP) is 2.26. The molecule has 0 amide bonds. The average Bonchev–Trinajstić information content (AvgIpc) is 3.05. The topological polar surface area (TPSA) is 106 Å². The van der Waals surface area contributed by atoms with E-state index < -0.39 is 11.9 Å². The Balaban J connectivity index is 0.000000242. The van der Waals surface area contributed by atoms with Gasteiger partial charge in [0, 0.05) is 42.9 Å². The number of aromatic nitrogens is 1. The van der Waals surface area contributed by atoms with Crippen molar-refractivity contribution >= 4 is 11.9 Å². The predicted molar refractivity (Wildman–Crippen MR) is 90.7 cm³/mol. The van der Waals surface area contributed by atoms with Crippen molar-refractivity contribution in [3.63, 3.8) is 0 Å². The van der Waals surface area contributed by atoms with Crippen LogP contribution in [-0.4, -0.2) is 32.8 Å². The Morgan fingerprint density at radius 3 is 2.44 bits per heavy atom. The third-order valence-electron chi connectivity index (χ3n) is 3.61. The Bertz CT molecular complexity index is 808. The summed E-state index contributed by atoms with van der Waals surface area (Å²) in [4.78, 5) is 19.1. The van der Waals surface area contributed by atoms with Gasteiger partial charge in [-0.3, -0.25) is 0 Å². The Hall–Kier alpha value is -2.93. The second-order valence-corrected chi connectivity index (χ2v) is 5.81. The number of aliphatic carboxylic acids is 2. The van der Waals surface area contributed by atoms with Gasteiger partial charge in [-0.1, -0.05) is 6.07 Å². The molecular weight excluding hydrogens is 327 g/mol. The van der Waals surface area contributed by atoms with Crippen molar-refractivity contribution in [3.8, 4) is 11.3 Å². The molecule has 4 N–H and O–H groups in total.